The van der Waals surface area contributed by atoms with Crippen molar-refractivity contribution in [2.45, 2.75) is 57.8 Å². The molecule has 44 heavy (non-hydrogen) atoms. The molecular formula is C30H31F5N2O7. The fourth-order valence-corrected chi connectivity index (χ4v) is 4.32. The lowest BCUT2D eigenvalue weighted by Crippen LogP contribution is -2.48. The van der Waals surface area contributed by atoms with E-state index in [4.69, 9.17) is 14.2 Å². The predicted molar refractivity (Wildman–Crippen MR) is 144 cm³/mol. The van der Waals surface area contributed by atoms with E-state index in [0.29, 0.717) is 11.3 Å². The quantitative estimate of drug-likeness (QED) is 0.214. The topological polar surface area (TPSA) is 120 Å². The van der Waals surface area contributed by atoms with Crippen LogP contribution >= 0.6 is 0 Å². The zero-order valence-electron chi connectivity index (χ0n) is 24.1. The van der Waals surface area contributed by atoms with Gasteiger partial charge >= 0.3 is 11.9 Å². The van der Waals surface area contributed by atoms with E-state index < -0.39 is 89.5 Å². The molecule has 1 aliphatic heterocycles. The van der Waals surface area contributed by atoms with Gasteiger partial charge in [0.25, 0.3) is 0 Å². The molecule has 2 aromatic carbocycles. The summed E-state index contributed by atoms with van der Waals surface area (Å²) in [5.41, 5.74) is -0.814. The molecule has 14 heteroatoms. The van der Waals surface area contributed by atoms with E-state index in [2.05, 4.69) is 10.6 Å². The third-order valence-electron chi connectivity index (χ3n) is 6.53. The Kier molecular flexibility index (Phi) is 11.8. The maximum absolute atomic E-state index is 14.7. The second kappa shape index (κ2) is 15.3. The second-order valence-electron chi connectivity index (χ2n) is 10.3. The standard InChI is InChI=1S/C30H31F5N2O7/c1-15(2)13-20-30(41)44-19(23-24(31)26(33)28(35)27(34)25(23)32)5-4-6-21(38)37-18(29(40)36-12-11-22(39)43-20)14-16-7-9-17(42-3)10-8-16/h4,6-10,15,18-20H,5,11-14H2,1-3H3,(H,36,40)(H,37,38)/b6-4+/t18-,19+,20+/m1/s1. The number of halogens is 5. The Labute approximate surface area is 249 Å². The number of nitrogens with one attached hydrogen (secondary N) is 2. The normalized spacial score (nSPS) is 21.2. The molecule has 1 aliphatic rings. The Hall–Kier alpha value is -4.49. The fourth-order valence-electron chi connectivity index (χ4n) is 4.32. The predicted octanol–water partition coefficient (Wildman–Crippen LogP) is 4.13. The molecule has 0 unspecified atom stereocenters. The van der Waals surface area contributed by atoms with Gasteiger partial charge in [-0.1, -0.05) is 32.1 Å². The summed E-state index contributed by atoms with van der Waals surface area (Å²) in [6.45, 7) is 3.11. The van der Waals surface area contributed by atoms with Gasteiger partial charge in [0.15, 0.2) is 29.4 Å². The molecule has 0 saturated heterocycles. The Balaban J connectivity index is 1.99. The largest absolute Gasteiger partial charge is 0.497 e. The number of rotatable bonds is 6. The summed E-state index contributed by atoms with van der Waals surface area (Å²) in [6, 6.07) is 5.48. The van der Waals surface area contributed by atoms with Crippen molar-refractivity contribution < 1.29 is 55.3 Å². The summed E-state index contributed by atoms with van der Waals surface area (Å²) in [6.07, 6.45) is -3.11. The van der Waals surface area contributed by atoms with Gasteiger partial charge in [-0.05, 0) is 36.1 Å². The lowest BCUT2D eigenvalue weighted by Gasteiger charge is -2.24. The van der Waals surface area contributed by atoms with Gasteiger partial charge in [-0.3, -0.25) is 14.4 Å². The number of hydrogen-bond donors (Lipinski definition) is 2. The second-order valence-corrected chi connectivity index (χ2v) is 10.3. The Morgan fingerprint density at radius 3 is 2.11 bits per heavy atom. The van der Waals surface area contributed by atoms with Crippen molar-refractivity contribution in [1.82, 2.24) is 10.6 Å². The van der Waals surface area contributed by atoms with E-state index in [1.54, 1.807) is 38.1 Å². The minimum absolute atomic E-state index is 0.0150. The van der Waals surface area contributed by atoms with Gasteiger partial charge in [-0.2, -0.15) is 0 Å². The minimum Gasteiger partial charge on any atom is -0.497 e. The number of amides is 2. The van der Waals surface area contributed by atoms with E-state index in [9.17, 15) is 41.1 Å². The number of methoxy groups -OCH3 is 1. The summed E-state index contributed by atoms with van der Waals surface area (Å²) >= 11 is 0. The maximum atomic E-state index is 14.7. The first-order valence-corrected chi connectivity index (χ1v) is 13.6. The van der Waals surface area contributed by atoms with Crippen LogP contribution in [0.3, 0.4) is 0 Å². The number of ether oxygens (including phenoxy) is 3. The highest BCUT2D eigenvalue weighted by Gasteiger charge is 2.35. The average Bonchev–Trinajstić information content (AvgIpc) is 2.97. The van der Waals surface area contributed by atoms with Crippen molar-refractivity contribution in [3.63, 3.8) is 0 Å². The van der Waals surface area contributed by atoms with E-state index >= 15 is 0 Å². The molecule has 0 aromatic heterocycles. The molecule has 0 bridgehead atoms. The molecule has 1 heterocycles. The molecule has 0 saturated carbocycles. The SMILES string of the molecule is COc1ccc(C[C@H]2NC(=O)/C=C/C[C@@H](c3c(F)c(F)c(F)c(F)c3F)OC(=O)[C@H](CC(C)C)OC(=O)CCNC2=O)cc1. The maximum Gasteiger partial charge on any atom is 0.348 e. The van der Waals surface area contributed by atoms with Crippen LogP contribution in [0.25, 0.3) is 0 Å². The number of carbonyl (C=O) groups excluding carboxylic acids is 4. The van der Waals surface area contributed by atoms with Crippen molar-refractivity contribution in [3.05, 3.63) is 76.6 Å². The van der Waals surface area contributed by atoms with E-state index in [1.807, 2.05) is 0 Å². The minimum atomic E-state index is -2.41. The van der Waals surface area contributed by atoms with Gasteiger partial charge in [0.1, 0.15) is 17.9 Å². The Morgan fingerprint density at radius 1 is 0.909 bits per heavy atom. The lowest BCUT2D eigenvalue weighted by molar-refractivity contribution is -0.173. The zero-order valence-corrected chi connectivity index (χ0v) is 24.1. The Morgan fingerprint density at radius 2 is 1.52 bits per heavy atom. The van der Waals surface area contributed by atoms with Crippen molar-refractivity contribution in [2.24, 2.45) is 5.92 Å². The van der Waals surface area contributed by atoms with Crippen LogP contribution < -0.4 is 15.4 Å². The summed E-state index contributed by atoms with van der Waals surface area (Å²) in [4.78, 5) is 51.3. The molecule has 3 atom stereocenters. The number of benzene rings is 2. The highest BCUT2D eigenvalue weighted by molar-refractivity contribution is 5.93. The molecular weight excluding hydrogens is 595 g/mol. The molecule has 238 valence electrons. The molecule has 2 amide bonds. The number of cyclic esters (lactones) is 2. The summed E-state index contributed by atoms with van der Waals surface area (Å²) in [5.74, 6) is -14.9. The number of carbonyl (C=O) groups is 4. The van der Waals surface area contributed by atoms with Crippen molar-refractivity contribution >= 4 is 23.8 Å². The van der Waals surface area contributed by atoms with Gasteiger partial charge in [-0.15, -0.1) is 0 Å². The van der Waals surface area contributed by atoms with Crippen molar-refractivity contribution in [1.29, 1.82) is 0 Å². The van der Waals surface area contributed by atoms with E-state index in [0.717, 1.165) is 12.2 Å². The van der Waals surface area contributed by atoms with Crippen LogP contribution in [0.1, 0.15) is 50.3 Å². The zero-order chi connectivity index (χ0) is 32.6. The first-order valence-electron chi connectivity index (χ1n) is 13.6. The molecule has 0 spiro atoms. The van der Waals surface area contributed by atoms with Gasteiger partial charge < -0.3 is 24.8 Å². The first kappa shape index (κ1) is 34.0. The summed E-state index contributed by atoms with van der Waals surface area (Å²) in [7, 11) is 1.48. The number of esters is 2. The first-order chi connectivity index (χ1) is 20.8. The summed E-state index contributed by atoms with van der Waals surface area (Å²) < 4.78 is 86.8. The van der Waals surface area contributed by atoms with Gasteiger partial charge in [0, 0.05) is 19.4 Å². The average molecular weight is 627 g/mol. The highest BCUT2D eigenvalue weighted by atomic mass is 19.2. The van der Waals surface area contributed by atoms with Crippen molar-refractivity contribution in [2.75, 3.05) is 13.7 Å². The smallest absolute Gasteiger partial charge is 0.348 e. The molecule has 9 nitrogen and oxygen atoms in total. The van der Waals surface area contributed by atoms with Gasteiger partial charge in [-0.25, -0.2) is 26.7 Å². The molecule has 0 aliphatic carbocycles. The molecule has 3 rings (SSSR count). The van der Waals surface area contributed by atoms with Crippen LogP contribution in [0.15, 0.2) is 36.4 Å². The van der Waals surface area contributed by atoms with Crippen LogP contribution in [0, 0.1) is 35.0 Å². The van der Waals surface area contributed by atoms with E-state index in [1.165, 1.54) is 7.11 Å². The fraction of sp³-hybridized carbons (Fsp3) is 0.400. The number of hydrogen-bond acceptors (Lipinski definition) is 7. The van der Waals surface area contributed by atoms with Crippen LogP contribution in [-0.4, -0.2) is 49.6 Å². The van der Waals surface area contributed by atoms with Gasteiger partial charge in [0.2, 0.25) is 17.6 Å². The third kappa shape index (κ3) is 8.77. The van der Waals surface area contributed by atoms with Crippen LogP contribution in [0.2, 0.25) is 0 Å². The highest BCUT2D eigenvalue weighted by Crippen LogP contribution is 2.33. The van der Waals surface area contributed by atoms with Crippen LogP contribution in [0.4, 0.5) is 22.0 Å². The summed E-state index contributed by atoms with van der Waals surface area (Å²) in [5, 5.41) is 4.99. The third-order valence-corrected chi connectivity index (χ3v) is 6.53. The monoisotopic (exact) mass is 626 g/mol. The molecule has 0 fully saturated rings. The van der Waals surface area contributed by atoms with Gasteiger partial charge in [0.05, 0.1) is 19.1 Å². The van der Waals surface area contributed by atoms with Crippen LogP contribution in [-0.2, 0) is 35.1 Å². The molecule has 2 N–H and O–H groups in total. The molecule has 0 radical (unpaired) electrons. The van der Waals surface area contributed by atoms with E-state index in [-0.39, 0.29) is 25.3 Å². The van der Waals surface area contributed by atoms with Crippen molar-refractivity contribution in [3.8, 4) is 5.75 Å². The lowest BCUT2D eigenvalue weighted by atomic mass is 10.0. The molecule has 2 aromatic rings. The van der Waals surface area contributed by atoms with Crippen LogP contribution in [0.5, 0.6) is 5.75 Å². The Bertz CT molecular complexity index is 1390.